The predicted molar refractivity (Wildman–Crippen MR) is 114 cm³/mol. The number of methoxy groups -OCH3 is 2. The molecule has 3 rings (SSSR count). The summed E-state index contributed by atoms with van der Waals surface area (Å²) in [5, 5.41) is 3.47. The van der Waals surface area contributed by atoms with Crippen molar-refractivity contribution in [2.24, 2.45) is 4.99 Å². The number of ether oxygens (including phenoxy) is 2. The van der Waals surface area contributed by atoms with Crippen molar-refractivity contribution in [3.63, 3.8) is 0 Å². The Hall–Kier alpha value is -2.73. The van der Waals surface area contributed by atoms with Crippen molar-refractivity contribution >= 4 is 11.6 Å². The Balaban J connectivity index is 1.53. The molecule has 1 unspecified atom stereocenters. The number of hydrogen-bond donors (Lipinski definition) is 1. The zero-order chi connectivity index (χ0) is 19.8. The van der Waals surface area contributed by atoms with E-state index < -0.39 is 0 Å². The molecule has 1 saturated heterocycles. The predicted octanol–water partition coefficient (Wildman–Crippen LogP) is 2.78. The lowest BCUT2D eigenvalue weighted by molar-refractivity contribution is 0.105. The Kier molecular flexibility index (Phi) is 7.14. The van der Waals surface area contributed by atoms with Gasteiger partial charge in [-0.3, -0.25) is 4.99 Å². The smallest absolute Gasteiger partial charge is 0.193 e. The zero-order valence-electron chi connectivity index (χ0n) is 17.0. The highest BCUT2D eigenvalue weighted by Gasteiger charge is 2.21. The number of nitrogens with one attached hydrogen (secondary N) is 1. The first kappa shape index (κ1) is 20.0. The van der Waals surface area contributed by atoms with Crippen LogP contribution in [0.15, 0.2) is 59.6 Å². The number of nitrogens with zero attached hydrogens (tertiary/aromatic N) is 3. The highest BCUT2D eigenvalue weighted by atomic mass is 16.5. The van der Waals surface area contributed by atoms with E-state index in [1.165, 1.54) is 5.69 Å². The number of aliphatic imine (C=N–C) groups is 1. The van der Waals surface area contributed by atoms with Crippen LogP contribution in [0.3, 0.4) is 0 Å². The van der Waals surface area contributed by atoms with E-state index in [1.807, 2.05) is 37.4 Å². The van der Waals surface area contributed by atoms with Gasteiger partial charge in [0.25, 0.3) is 0 Å². The van der Waals surface area contributed by atoms with Crippen LogP contribution in [0.5, 0.6) is 5.75 Å². The fraction of sp³-hybridized carbons (Fsp3) is 0.409. The molecule has 6 heteroatoms. The molecule has 1 heterocycles. The van der Waals surface area contributed by atoms with Crippen molar-refractivity contribution in [1.82, 2.24) is 10.2 Å². The first-order valence-electron chi connectivity index (χ1n) is 9.67. The first-order chi connectivity index (χ1) is 13.7. The molecule has 0 saturated carbocycles. The van der Waals surface area contributed by atoms with Crippen molar-refractivity contribution in [3.8, 4) is 5.75 Å². The van der Waals surface area contributed by atoms with E-state index in [9.17, 15) is 0 Å². The van der Waals surface area contributed by atoms with Gasteiger partial charge in [0, 0.05) is 52.6 Å². The molecule has 0 aromatic heterocycles. The number of rotatable bonds is 6. The van der Waals surface area contributed by atoms with Crippen LogP contribution in [0.1, 0.15) is 11.7 Å². The zero-order valence-corrected chi connectivity index (χ0v) is 17.0. The van der Waals surface area contributed by atoms with Gasteiger partial charge in [-0.05, 0) is 29.8 Å². The fourth-order valence-corrected chi connectivity index (χ4v) is 3.49. The Morgan fingerprint density at radius 2 is 1.68 bits per heavy atom. The van der Waals surface area contributed by atoms with Gasteiger partial charge in [-0.1, -0.05) is 30.3 Å². The van der Waals surface area contributed by atoms with Crippen LogP contribution in [-0.4, -0.2) is 64.9 Å². The van der Waals surface area contributed by atoms with Gasteiger partial charge in [0.1, 0.15) is 5.75 Å². The molecule has 0 spiro atoms. The molecule has 1 fully saturated rings. The molecule has 0 aliphatic carbocycles. The number of piperazine rings is 1. The fourth-order valence-electron chi connectivity index (χ4n) is 3.49. The van der Waals surface area contributed by atoms with Gasteiger partial charge in [-0.25, -0.2) is 0 Å². The summed E-state index contributed by atoms with van der Waals surface area (Å²) in [6, 6.07) is 18.5. The lowest BCUT2D eigenvalue weighted by Crippen LogP contribution is -2.53. The Morgan fingerprint density at radius 1 is 1.00 bits per heavy atom. The minimum absolute atomic E-state index is 0.00135. The molecule has 2 aromatic carbocycles. The molecule has 1 atom stereocenters. The quantitative estimate of drug-likeness (QED) is 0.615. The maximum atomic E-state index is 5.66. The third-order valence-corrected chi connectivity index (χ3v) is 5.13. The van der Waals surface area contributed by atoms with Crippen molar-refractivity contribution in [2.45, 2.75) is 6.10 Å². The van der Waals surface area contributed by atoms with Crippen LogP contribution < -0.4 is 15.0 Å². The summed E-state index contributed by atoms with van der Waals surface area (Å²) in [5.41, 5.74) is 2.39. The van der Waals surface area contributed by atoms with E-state index in [0.29, 0.717) is 6.54 Å². The SMILES string of the molecule is CN=C(NCC(OC)c1ccccc1)N1CCN(c2ccc(OC)cc2)CC1. The molecular weight excluding hydrogens is 352 g/mol. The van der Waals surface area contributed by atoms with Gasteiger partial charge < -0.3 is 24.6 Å². The highest BCUT2D eigenvalue weighted by Crippen LogP contribution is 2.20. The summed E-state index contributed by atoms with van der Waals surface area (Å²) < 4.78 is 10.9. The minimum Gasteiger partial charge on any atom is -0.497 e. The molecule has 0 amide bonds. The molecule has 2 aromatic rings. The third kappa shape index (κ3) is 4.95. The van der Waals surface area contributed by atoms with Crippen LogP contribution >= 0.6 is 0 Å². The number of anilines is 1. The lowest BCUT2D eigenvalue weighted by Gasteiger charge is -2.38. The van der Waals surface area contributed by atoms with Gasteiger partial charge in [0.05, 0.1) is 13.2 Å². The summed E-state index contributed by atoms with van der Waals surface area (Å²) in [6.45, 7) is 4.45. The first-order valence-corrected chi connectivity index (χ1v) is 9.67. The second kappa shape index (κ2) is 9.99. The van der Waals surface area contributed by atoms with Crippen LogP contribution in [0, 0.1) is 0 Å². The van der Waals surface area contributed by atoms with E-state index in [1.54, 1.807) is 14.2 Å². The largest absolute Gasteiger partial charge is 0.497 e. The standard InChI is InChI=1S/C22H30N4O2/c1-23-22(24-17-21(28-3)18-7-5-4-6-8-18)26-15-13-25(14-16-26)19-9-11-20(27-2)12-10-19/h4-12,21H,13-17H2,1-3H3,(H,23,24). The molecule has 1 aliphatic heterocycles. The second-order valence-corrected chi connectivity index (χ2v) is 6.74. The summed E-state index contributed by atoms with van der Waals surface area (Å²) >= 11 is 0. The minimum atomic E-state index is -0.00135. The lowest BCUT2D eigenvalue weighted by atomic mass is 10.1. The Bertz CT molecular complexity index is 741. The summed E-state index contributed by atoms with van der Waals surface area (Å²) in [4.78, 5) is 9.17. The molecular formula is C22H30N4O2. The topological polar surface area (TPSA) is 49.3 Å². The number of guanidine groups is 1. The van der Waals surface area contributed by atoms with Crippen LogP contribution in [0.25, 0.3) is 0 Å². The molecule has 0 radical (unpaired) electrons. The maximum absolute atomic E-state index is 5.66. The molecule has 150 valence electrons. The third-order valence-electron chi connectivity index (χ3n) is 5.13. The van der Waals surface area contributed by atoms with Crippen molar-refractivity contribution in [3.05, 3.63) is 60.2 Å². The van der Waals surface area contributed by atoms with Gasteiger partial charge in [0.15, 0.2) is 5.96 Å². The monoisotopic (exact) mass is 382 g/mol. The van der Waals surface area contributed by atoms with E-state index in [4.69, 9.17) is 9.47 Å². The van der Waals surface area contributed by atoms with Crippen molar-refractivity contribution < 1.29 is 9.47 Å². The van der Waals surface area contributed by atoms with E-state index in [-0.39, 0.29) is 6.10 Å². The van der Waals surface area contributed by atoms with Gasteiger partial charge in [-0.15, -0.1) is 0 Å². The normalized spacial score (nSPS) is 16.0. The molecule has 28 heavy (non-hydrogen) atoms. The van der Waals surface area contributed by atoms with Crippen LogP contribution in [0.2, 0.25) is 0 Å². The molecule has 0 bridgehead atoms. The van der Waals surface area contributed by atoms with Gasteiger partial charge >= 0.3 is 0 Å². The number of benzene rings is 2. The van der Waals surface area contributed by atoms with Gasteiger partial charge in [-0.2, -0.15) is 0 Å². The van der Waals surface area contributed by atoms with Crippen molar-refractivity contribution in [1.29, 1.82) is 0 Å². The molecule has 1 N–H and O–H groups in total. The average Bonchev–Trinajstić information content (AvgIpc) is 2.78. The van der Waals surface area contributed by atoms with Gasteiger partial charge in [0.2, 0.25) is 0 Å². The summed E-state index contributed by atoms with van der Waals surface area (Å²) in [7, 11) is 5.27. The second-order valence-electron chi connectivity index (χ2n) is 6.74. The van der Waals surface area contributed by atoms with E-state index in [0.717, 1.165) is 43.5 Å². The maximum Gasteiger partial charge on any atom is 0.193 e. The van der Waals surface area contributed by atoms with E-state index >= 15 is 0 Å². The number of hydrogen-bond acceptors (Lipinski definition) is 4. The van der Waals surface area contributed by atoms with Crippen LogP contribution in [0.4, 0.5) is 5.69 Å². The van der Waals surface area contributed by atoms with Crippen molar-refractivity contribution in [2.75, 3.05) is 58.9 Å². The molecule has 1 aliphatic rings. The highest BCUT2D eigenvalue weighted by molar-refractivity contribution is 5.80. The van der Waals surface area contributed by atoms with Crippen LogP contribution in [-0.2, 0) is 4.74 Å². The average molecular weight is 383 g/mol. The van der Waals surface area contributed by atoms with E-state index in [2.05, 4.69) is 44.4 Å². The Morgan fingerprint density at radius 3 is 2.25 bits per heavy atom. The molecule has 6 nitrogen and oxygen atoms in total. The summed E-state index contributed by atoms with van der Waals surface area (Å²) in [5.74, 6) is 1.81. The summed E-state index contributed by atoms with van der Waals surface area (Å²) in [6.07, 6.45) is -0.00135. The Labute approximate surface area is 167 Å².